The van der Waals surface area contributed by atoms with Crippen molar-refractivity contribution in [3.05, 3.63) is 29.8 Å². The van der Waals surface area contributed by atoms with Crippen molar-refractivity contribution in [2.75, 3.05) is 46.0 Å². The van der Waals surface area contributed by atoms with Gasteiger partial charge < -0.3 is 14.8 Å². The average Bonchev–Trinajstić information content (AvgIpc) is 2.60. The van der Waals surface area contributed by atoms with Crippen LogP contribution in [0.15, 0.2) is 24.3 Å². The number of nitrogens with one attached hydrogen (secondary N) is 2. The van der Waals surface area contributed by atoms with Crippen LogP contribution in [0.4, 0.5) is 0 Å². The molecule has 6 nitrogen and oxygen atoms in total. The summed E-state index contributed by atoms with van der Waals surface area (Å²) in [5, 5.41) is 6.12. The van der Waals surface area contributed by atoms with E-state index in [9.17, 15) is 4.79 Å². The van der Waals surface area contributed by atoms with E-state index in [1.807, 2.05) is 13.0 Å². The van der Waals surface area contributed by atoms with Crippen LogP contribution >= 0.6 is 12.2 Å². The second-order valence-corrected chi connectivity index (χ2v) is 5.86. The van der Waals surface area contributed by atoms with Gasteiger partial charge in [-0.3, -0.25) is 15.0 Å². The van der Waals surface area contributed by atoms with Gasteiger partial charge in [0.05, 0.1) is 25.4 Å². The molecule has 1 heterocycles. The summed E-state index contributed by atoms with van der Waals surface area (Å²) in [5.41, 5.74) is 0.483. The molecule has 0 atom stereocenters. The lowest BCUT2D eigenvalue weighted by atomic mass is 10.2. The summed E-state index contributed by atoms with van der Waals surface area (Å²) in [5.74, 6) is 0.303. The molecule has 1 amide bonds. The van der Waals surface area contributed by atoms with Crippen molar-refractivity contribution in [2.45, 2.75) is 13.3 Å². The predicted molar refractivity (Wildman–Crippen MR) is 97.6 cm³/mol. The normalized spacial score (nSPS) is 14.9. The smallest absolute Gasteiger partial charge is 0.261 e. The third-order valence-electron chi connectivity index (χ3n) is 3.70. The van der Waals surface area contributed by atoms with E-state index in [2.05, 4.69) is 15.5 Å². The van der Waals surface area contributed by atoms with Crippen molar-refractivity contribution in [3.8, 4) is 5.75 Å². The Hall–Kier alpha value is -1.70. The van der Waals surface area contributed by atoms with Crippen molar-refractivity contribution < 1.29 is 14.3 Å². The van der Waals surface area contributed by atoms with E-state index in [-0.39, 0.29) is 5.91 Å². The summed E-state index contributed by atoms with van der Waals surface area (Å²) in [6.45, 7) is 7.70. The fourth-order valence-electron chi connectivity index (χ4n) is 2.48. The zero-order chi connectivity index (χ0) is 17.2. The lowest BCUT2D eigenvalue weighted by Crippen LogP contribution is -2.41. The van der Waals surface area contributed by atoms with Gasteiger partial charge in [0, 0.05) is 19.6 Å². The highest BCUT2D eigenvalue weighted by Gasteiger charge is 2.13. The number of thiocarbonyl (C=S) groups is 1. The molecule has 1 aromatic carbocycles. The highest BCUT2D eigenvalue weighted by Crippen LogP contribution is 2.17. The zero-order valence-corrected chi connectivity index (χ0v) is 14.9. The molecule has 1 saturated heterocycles. The first-order valence-corrected chi connectivity index (χ1v) is 8.72. The maximum Gasteiger partial charge on any atom is 0.261 e. The minimum absolute atomic E-state index is 0.260. The molecule has 2 rings (SSSR count). The number of hydrogen-bond acceptors (Lipinski definition) is 5. The van der Waals surface area contributed by atoms with Gasteiger partial charge in [-0.1, -0.05) is 12.1 Å². The van der Waals surface area contributed by atoms with Gasteiger partial charge >= 0.3 is 0 Å². The number of carbonyl (C=O) groups is 1. The number of ether oxygens (including phenoxy) is 2. The summed E-state index contributed by atoms with van der Waals surface area (Å²) in [6.07, 6.45) is 0.964. The number of benzene rings is 1. The first kappa shape index (κ1) is 18.6. The topological polar surface area (TPSA) is 62.8 Å². The minimum atomic E-state index is -0.260. The van der Waals surface area contributed by atoms with E-state index in [4.69, 9.17) is 21.7 Å². The Balaban J connectivity index is 1.70. The number of amides is 1. The maximum atomic E-state index is 12.3. The maximum absolute atomic E-state index is 12.3. The molecule has 24 heavy (non-hydrogen) atoms. The molecule has 0 aromatic heterocycles. The van der Waals surface area contributed by atoms with E-state index < -0.39 is 0 Å². The molecule has 2 N–H and O–H groups in total. The number of hydrogen-bond donors (Lipinski definition) is 2. The number of para-hydroxylation sites is 1. The Morgan fingerprint density at radius 2 is 2.08 bits per heavy atom. The van der Waals surface area contributed by atoms with Crippen LogP contribution in [0.5, 0.6) is 5.75 Å². The van der Waals surface area contributed by atoms with Gasteiger partial charge in [0.1, 0.15) is 5.75 Å². The van der Waals surface area contributed by atoms with Crippen LogP contribution in [0.2, 0.25) is 0 Å². The second kappa shape index (κ2) is 10.2. The van der Waals surface area contributed by atoms with Crippen molar-refractivity contribution in [2.24, 2.45) is 0 Å². The second-order valence-electron chi connectivity index (χ2n) is 5.45. The highest BCUT2D eigenvalue weighted by atomic mass is 32.1. The SMILES string of the molecule is CCOc1ccccc1C(=O)NC(=S)NCCCN1CCOCC1. The average molecular weight is 351 g/mol. The van der Waals surface area contributed by atoms with Crippen LogP contribution in [-0.2, 0) is 4.74 Å². The van der Waals surface area contributed by atoms with Crippen LogP contribution in [0.1, 0.15) is 23.7 Å². The first-order valence-electron chi connectivity index (χ1n) is 8.32. The van der Waals surface area contributed by atoms with Crippen LogP contribution in [0.3, 0.4) is 0 Å². The molecule has 132 valence electrons. The van der Waals surface area contributed by atoms with E-state index in [1.54, 1.807) is 18.2 Å². The Labute approximate surface area is 148 Å². The molecule has 0 spiro atoms. The number of nitrogens with zero attached hydrogens (tertiary/aromatic N) is 1. The molecule has 7 heteroatoms. The van der Waals surface area contributed by atoms with Crippen molar-refractivity contribution >= 4 is 23.2 Å². The van der Waals surface area contributed by atoms with Gasteiger partial charge in [-0.2, -0.15) is 0 Å². The van der Waals surface area contributed by atoms with Crippen LogP contribution < -0.4 is 15.4 Å². The third kappa shape index (κ3) is 6.07. The van der Waals surface area contributed by atoms with Gasteiger partial charge in [0.2, 0.25) is 0 Å². The van der Waals surface area contributed by atoms with Gasteiger partial charge in [-0.15, -0.1) is 0 Å². The summed E-state index contributed by atoms with van der Waals surface area (Å²) < 4.78 is 10.8. The number of morpholine rings is 1. The fraction of sp³-hybridized carbons (Fsp3) is 0.529. The summed E-state index contributed by atoms with van der Waals surface area (Å²) in [6, 6.07) is 7.14. The minimum Gasteiger partial charge on any atom is -0.493 e. The third-order valence-corrected chi connectivity index (χ3v) is 3.95. The molecule has 0 bridgehead atoms. The van der Waals surface area contributed by atoms with Crippen molar-refractivity contribution in [3.63, 3.8) is 0 Å². The largest absolute Gasteiger partial charge is 0.493 e. The molecular weight excluding hydrogens is 326 g/mol. The quantitative estimate of drug-likeness (QED) is 0.572. The first-order chi connectivity index (χ1) is 11.7. The molecule has 0 saturated carbocycles. The van der Waals surface area contributed by atoms with E-state index in [1.165, 1.54) is 0 Å². The summed E-state index contributed by atoms with van der Waals surface area (Å²) in [7, 11) is 0. The van der Waals surface area contributed by atoms with Gasteiger partial charge in [-0.25, -0.2) is 0 Å². The molecular formula is C17H25N3O3S. The van der Waals surface area contributed by atoms with Gasteiger partial charge in [-0.05, 0) is 44.2 Å². The number of carbonyl (C=O) groups excluding carboxylic acids is 1. The highest BCUT2D eigenvalue weighted by molar-refractivity contribution is 7.80. The van der Waals surface area contributed by atoms with Crippen LogP contribution in [0, 0.1) is 0 Å². The number of rotatable bonds is 7. The standard InChI is InChI=1S/C17H25N3O3S/c1-2-23-15-7-4-3-6-14(15)16(21)19-17(24)18-8-5-9-20-10-12-22-13-11-20/h3-4,6-7H,2,5,8-13H2,1H3,(H2,18,19,21,24). The predicted octanol–water partition coefficient (Wildman–Crippen LogP) is 1.41. The zero-order valence-electron chi connectivity index (χ0n) is 14.0. The fourth-order valence-corrected chi connectivity index (χ4v) is 2.67. The molecule has 1 aliphatic rings. The van der Waals surface area contributed by atoms with Crippen LogP contribution in [0.25, 0.3) is 0 Å². The van der Waals surface area contributed by atoms with E-state index in [0.717, 1.165) is 45.8 Å². The summed E-state index contributed by atoms with van der Waals surface area (Å²) >= 11 is 5.19. The Bertz CT molecular complexity index is 548. The van der Waals surface area contributed by atoms with Crippen molar-refractivity contribution in [1.82, 2.24) is 15.5 Å². The van der Waals surface area contributed by atoms with E-state index >= 15 is 0 Å². The Morgan fingerprint density at radius 1 is 1.33 bits per heavy atom. The Kier molecular flexibility index (Phi) is 7.94. The van der Waals surface area contributed by atoms with E-state index in [0.29, 0.717) is 23.0 Å². The molecule has 0 unspecified atom stereocenters. The van der Waals surface area contributed by atoms with Crippen molar-refractivity contribution in [1.29, 1.82) is 0 Å². The molecule has 0 aliphatic carbocycles. The Morgan fingerprint density at radius 3 is 2.83 bits per heavy atom. The molecule has 1 aliphatic heterocycles. The molecule has 0 radical (unpaired) electrons. The lowest BCUT2D eigenvalue weighted by molar-refractivity contribution is 0.0376. The molecule has 1 aromatic rings. The monoisotopic (exact) mass is 351 g/mol. The van der Waals surface area contributed by atoms with Gasteiger partial charge in [0.25, 0.3) is 5.91 Å². The lowest BCUT2D eigenvalue weighted by Gasteiger charge is -2.26. The summed E-state index contributed by atoms with van der Waals surface area (Å²) in [4.78, 5) is 14.7. The van der Waals surface area contributed by atoms with Crippen LogP contribution in [-0.4, -0.2) is 61.9 Å². The van der Waals surface area contributed by atoms with Gasteiger partial charge in [0.15, 0.2) is 5.11 Å². The molecule has 1 fully saturated rings.